The summed E-state index contributed by atoms with van der Waals surface area (Å²) in [7, 11) is 0. The zero-order valence-corrected chi connectivity index (χ0v) is 10.2. The summed E-state index contributed by atoms with van der Waals surface area (Å²) in [6.07, 6.45) is 0. The second-order valence-electron chi connectivity index (χ2n) is 3.97. The van der Waals surface area contributed by atoms with Crippen molar-refractivity contribution in [2.45, 2.75) is 32.5 Å². The van der Waals surface area contributed by atoms with Gasteiger partial charge in [0, 0.05) is 0 Å². The van der Waals surface area contributed by atoms with Gasteiger partial charge in [0.1, 0.15) is 5.75 Å². The number of amides is 1. The Labute approximate surface area is 104 Å². The van der Waals surface area contributed by atoms with Gasteiger partial charge in [0.15, 0.2) is 0 Å². The Morgan fingerprint density at radius 3 is 2.61 bits per heavy atom. The van der Waals surface area contributed by atoms with Crippen LogP contribution in [0.2, 0.25) is 0 Å². The number of rotatable bonds is 5. The monoisotopic (exact) mass is 258 g/mol. The van der Waals surface area contributed by atoms with Crippen LogP contribution >= 0.6 is 0 Å². The summed E-state index contributed by atoms with van der Waals surface area (Å²) in [6.45, 7) is 0.439. The van der Waals surface area contributed by atoms with Crippen molar-refractivity contribution in [1.82, 2.24) is 5.32 Å². The average Bonchev–Trinajstić information content (AvgIpc) is 2.28. The minimum absolute atomic E-state index is 0.0596. The van der Waals surface area contributed by atoms with E-state index in [1.165, 1.54) is 12.1 Å². The SMILES string of the molecule is CC(N)C(=O)NC(C)c1cccc(OC(F)F)c1. The predicted octanol–water partition coefficient (Wildman–Crippen LogP) is 1.81. The number of carbonyl (C=O) groups is 1. The zero-order chi connectivity index (χ0) is 13.7. The standard InChI is InChI=1S/C12H16F2N2O2/c1-7(15)11(17)16-8(2)9-4-3-5-10(6-9)18-12(13)14/h3-8,12H,15H2,1-2H3,(H,16,17). The molecule has 1 amide bonds. The second-order valence-corrected chi connectivity index (χ2v) is 3.97. The third kappa shape index (κ3) is 4.29. The third-order valence-electron chi connectivity index (χ3n) is 2.36. The van der Waals surface area contributed by atoms with E-state index in [-0.39, 0.29) is 17.7 Å². The molecule has 0 aliphatic heterocycles. The summed E-state index contributed by atoms with van der Waals surface area (Å²) in [5.41, 5.74) is 6.09. The molecule has 0 fully saturated rings. The molecule has 0 saturated carbocycles. The molecule has 2 unspecified atom stereocenters. The Kier molecular flexibility index (Phi) is 5.03. The third-order valence-corrected chi connectivity index (χ3v) is 2.36. The molecule has 0 aromatic heterocycles. The molecule has 1 aromatic carbocycles. The number of alkyl halides is 2. The number of ether oxygens (including phenoxy) is 1. The van der Waals surface area contributed by atoms with E-state index in [4.69, 9.17) is 5.73 Å². The van der Waals surface area contributed by atoms with Crippen LogP contribution in [0.5, 0.6) is 5.75 Å². The molecule has 0 spiro atoms. The molecule has 1 rings (SSSR count). The topological polar surface area (TPSA) is 64.4 Å². The van der Waals surface area contributed by atoms with Crippen molar-refractivity contribution >= 4 is 5.91 Å². The van der Waals surface area contributed by atoms with Gasteiger partial charge in [-0.1, -0.05) is 12.1 Å². The first-order valence-corrected chi connectivity index (χ1v) is 5.51. The molecule has 0 heterocycles. The van der Waals surface area contributed by atoms with Gasteiger partial charge in [-0.25, -0.2) is 0 Å². The van der Waals surface area contributed by atoms with Gasteiger partial charge < -0.3 is 15.8 Å². The summed E-state index contributed by atoms with van der Waals surface area (Å²) < 4.78 is 28.4. The molecule has 4 nitrogen and oxygen atoms in total. The minimum atomic E-state index is -2.87. The highest BCUT2D eigenvalue weighted by Crippen LogP contribution is 2.20. The zero-order valence-electron chi connectivity index (χ0n) is 10.2. The minimum Gasteiger partial charge on any atom is -0.435 e. The predicted molar refractivity (Wildman–Crippen MR) is 63.3 cm³/mol. The number of carbonyl (C=O) groups excluding carboxylic acids is 1. The Balaban J connectivity index is 2.73. The van der Waals surface area contributed by atoms with Crippen LogP contribution in [-0.2, 0) is 4.79 Å². The first-order valence-electron chi connectivity index (χ1n) is 5.51. The van der Waals surface area contributed by atoms with E-state index < -0.39 is 12.7 Å². The van der Waals surface area contributed by atoms with E-state index in [9.17, 15) is 13.6 Å². The first-order chi connectivity index (χ1) is 8.40. The molecule has 0 radical (unpaired) electrons. The highest BCUT2D eigenvalue weighted by atomic mass is 19.3. The number of hydrogen-bond acceptors (Lipinski definition) is 3. The molecular weight excluding hydrogens is 242 g/mol. The largest absolute Gasteiger partial charge is 0.435 e. The van der Waals surface area contributed by atoms with Crippen molar-refractivity contribution in [2.75, 3.05) is 0 Å². The van der Waals surface area contributed by atoms with E-state index >= 15 is 0 Å². The fraction of sp³-hybridized carbons (Fsp3) is 0.417. The number of benzene rings is 1. The molecule has 100 valence electrons. The van der Waals surface area contributed by atoms with Gasteiger partial charge in [-0.2, -0.15) is 8.78 Å². The van der Waals surface area contributed by atoms with Crippen LogP contribution in [0.3, 0.4) is 0 Å². The second kappa shape index (κ2) is 6.30. The van der Waals surface area contributed by atoms with E-state index in [0.717, 1.165) is 0 Å². The molecular formula is C12H16F2N2O2. The molecule has 0 saturated heterocycles. The lowest BCUT2D eigenvalue weighted by Gasteiger charge is -2.16. The van der Waals surface area contributed by atoms with Crippen LogP contribution in [0.4, 0.5) is 8.78 Å². The Bertz CT molecular complexity index is 411. The molecule has 1 aromatic rings. The molecule has 0 bridgehead atoms. The lowest BCUT2D eigenvalue weighted by molar-refractivity contribution is -0.122. The highest BCUT2D eigenvalue weighted by molar-refractivity contribution is 5.81. The van der Waals surface area contributed by atoms with E-state index in [1.807, 2.05) is 0 Å². The maximum Gasteiger partial charge on any atom is 0.387 e. The van der Waals surface area contributed by atoms with Crippen LogP contribution in [0.15, 0.2) is 24.3 Å². The van der Waals surface area contributed by atoms with E-state index in [1.54, 1.807) is 26.0 Å². The van der Waals surface area contributed by atoms with Gasteiger partial charge in [0.2, 0.25) is 5.91 Å². The smallest absolute Gasteiger partial charge is 0.387 e. The summed E-state index contributed by atoms with van der Waals surface area (Å²) in [5.74, 6) is -0.243. The number of halogens is 2. The molecule has 2 atom stereocenters. The fourth-order valence-corrected chi connectivity index (χ4v) is 1.39. The van der Waals surface area contributed by atoms with Gasteiger partial charge in [-0.3, -0.25) is 4.79 Å². The lowest BCUT2D eigenvalue weighted by Crippen LogP contribution is -2.39. The van der Waals surface area contributed by atoms with Crippen molar-refractivity contribution in [3.63, 3.8) is 0 Å². The Morgan fingerprint density at radius 1 is 1.39 bits per heavy atom. The van der Waals surface area contributed by atoms with Gasteiger partial charge >= 0.3 is 6.61 Å². The average molecular weight is 258 g/mol. The highest BCUT2D eigenvalue weighted by Gasteiger charge is 2.13. The van der Waals surface area contributed by atoms with Crippen LogP contribution < -0.4 is 15.8 Å². The van der Waals surface area contributed by atoms with Crippen molar-refractivity contribution in [2.24, 2.45) is 5.73 Å². The fourth-order valence-electron chi connectivity index (χ4n) is 1.39. The summed E-state index contributed by atoms with van der Waals surface area (Å²) in [4.78, 5) is 11.4. The van der Waals surface area contributed by atoms with E-state index in [0.29, 0.717) is 5.56 Å². The lowest BCUT2D eigenvalue weighted by atomic mass is 10.1. The molecule has 3 N–H and O–H groups in total. The van der Waals surface area contributed by atoms with Crippen LogP contribution in [0.1, 0.15) is 25.5 Å². The van der Waals surface area contributed by atoms with Crippen molar-refractivity contribution in [1.29, 1.82) is 0 Å². The molecule has 0 aliphatic carbocycles. The summed E-state index contributed by atoms with van der Waals surface area (Å²) in [6, 6.07) is 5.23. The van der Waals surface area contributed by atoms with Crippen molar-refractivity contribution in [3.8, 4) is 5.75 Å². The number of nitrogens with two attached hydrogens (primary N) is 1. The van der Waals surface area contributed by atoms with Gasteiger partial charge in [-0.05, 0) is 31.5 Å². The maximum absolute atomic E-state index is 12.1. The molecule has 18 heavy (non-hydrogen) atoms. The Morgan fingerprint density at radius 2 is 2.06 bits per heavy atom. The first kappa shape index (κ1) is 14.4. The maximum atomic E-state index is 12.1. The quantitative estimate of drug-likeness (QED) is 0.846. The van der Waals surface area contributed by atoms with Gasteiger partial charge in [0.05, 0.1) is 12.1 Å². The van der Waals surface area contributed by atoms with Gasteiger partial charge in [-0.15, -0.1) is 0 Å². The van der Waals surface area contributed by atoms with E-state index in [2.05, 4.69) is 10.1 Å². The summed E-state index contributed by atoms with van der Waals surface area (Å²) in [5, 5.41) is 2.67. The van der Waals surface area contributed by atoms with Crippen LogP contribution in [-0.4, -0.2) is 18.6 Å². The van der Waals surface area contributed by atoms with Crippen LogP contribution in [0.25, 0.3) is 0 Å². The summed E-state index contributed by atoms with van der Waals surface area (Å²) >= 11 is 0. The number of nitrogens with one attached hydrogen (secondary N) is 1. The normalized spacial score (nSPS) is 14.1. The Hall–Kier alpha value is -1.69. The molecule has 6 heteroatoms. The van der Waals surface area contributed by atoms with Crippen LogP contribution in [0, 0.1) is 0 Å². The van der Waals surface area contributed by atoms with Gasteiger partial charge in [0.25, 0.3) is 0 Å². The van der Waals surface area contributed by atoms with Crippen molar-refractivity contribution < 1.29 is 18.3 Å². The van der Waals surface area contributed by atoms with Crippen molar-refractivity contribution in [3.05, 3.63) is 29.8 Å². The molecule has 0 aliphatic rings. The number of hydrogen-bond donors (Lipinski definition) is 2.